The molecular weight excluding hydrogens is 353 g/mol. The lowest BCUT2D eigenvalue weighted by Crippen LogP contribution is -2.41. The van der Waals surface area contributed by atoms with Crippen LogP contribution in [0.15, 0.2) is 4.99 Å². The third-order valence-corrected chi connectivity index (χ3v) is 3.40. The minimum Gasteiger partial charge on any atom is -0.379 e. The SMILES string of the molecule is CCNC(=NCC(OC)C(C)(C)C)N1CCCC1.I. The minimum atomic E-state index is 0. The molecule has 19 heavy (non-hydrogen) atoms. The van der Waals surface area contributed by atoms with E-state index in [4.69, 9.17) is 9.73 Å². The molecule has 1 fully saturated rings. The summed E-state index contributed by atoms with van der Waals surface area (Å²) in [5.41, 5.74) is 0.126. The predicted molar refractivity (Wildman–Crippen MR) is 92.5 cm³/mol. The van der Waals surface area contributed by atoms with E-state index < -0.39 is 0 Å². The number of hydrogen-bond acceptors (Lipinski definition) is 2. The Morgan fingerprint density at radius 1 is 1.32 bits per heavy atom. The number of likely N-dealkylation sites (tertiary alicyclic amines) is 1. The molecule has 114 valence electrons. The molecule has 0 aromatic rings. The maximum Gasteiger partial charge on any atom is 0.194 e. The molecule has 0 radical (unpaired) electrons. The van der Waals surface area contributed by atoms with E-state index >= 15 is 0 Å². The van der Waals surface area contributed by atoms with Gasteiger partial charge in [-0.05, 0) is 25.2 Å². The van der Waals surface area contributed by atoms with E-state index in [1.807, 2.05) is 0 Å². The summed E-state index contributed by atoms with van der Waals surface area (Å²) in [6, 6.07) is 0. The van der Waals surface area contributed by atoms with E-state index in [9.17, 15) is 0 Å². The molecular formula is C14H30IN3O. The summed E-state index contributed by atoms with van der Waals surface area (Å²) >= 11 is 0. The second-order valence-electron chi connectivity index (χ2n) is 5.98. The van der Waals surface area contributed by atoms with Crippen LogP contribution in [0.25, 0.3) is 0 Å². The summed E-state index contributed by atoms with van der Waals surface area (Å²) in [7, 11) is 1.77. The lowest BCUT2D eigenvalue weighted by Gasteiger charge is -2.29. The van der Waals surface area contributed by atoms with Crippen molar-refractivity contribution in [2.45, 2.75) is 46.6 Å². The van der Waals surface area contributed by atoms with E-state index in [-0.39, 0.29) is 35.5 Å². The van der Waals surface area contributed by atoms with Gasteiger partial charge in [-0.25, -0.2) is 0 Å². The normalized spacial score (nSPS) is 18.2. The van der Waals surface area contributed by atoms with Gasteiger partial charge in [0, 0.05) is 26.7 Å². The van der Waals surface area contributed by atoms with Crippen molar-refractivity contribution in [1.82, 2.24) is 10.2 Å². The Kier molecular flexibility index (Phi) is 8.98. The monoisotopic (exact) mass is 383 g/mol. The van der Waals surface area contributed by atoms with Crippen LogP contribution in [0.2, 0.25) is 0 Å². The third kappa shape index (κ3) is 6.29. The summed E-state index contributed by atoms with van der Waals surface area (Å²) < 4.78 is 5.55. The zero-order valence-electron chi connectivity index (χ0n) is 13.0. The van der Waals surface area contributed by atoms with Crippen molar-refractivity contribution >= 4 is 29.9 Å². The molecule has 1 heterocycles. The fourth-order valence-electron chi connectivity index (χ4n) is 2.23. The third-order valence-electron chi connectivity index (χ3n) is 3.40. The summed E-state index contributed by atoms with van der Waals surface area (Å²) in [5, 5.41) is 3.38. The van der Waals surface area contributed by atoms with Crippen LogP contribution in [-0.2, 0) is 4.74 Å². The number of halogens is 1. The Morgan fingerprint density at radius 3 is 2.32 bits per heavy atom. The van der Waals surface area contributed by atoms with Crippen molar-refractivity contribution in [2.75, 3.05) is 33.3 Å². The van der Waals surface area contributed by atoms with Crippen molar-refractivity contribution in [3.8, 4) is 0 Å². The first-order valence-corrected chi connectivity index (χ1v) is 7.05. The molecule has 0 spiro atoms. The molecule has 1 N–H and O–H groups in total. The average Bonchev–Trinajstić information content (AvgIpc) is 2.80. The van der Waals surface area contributed by atoms with Crippen molar-refractivity contribution < 1.29 is 4.74 Å². The number of aliphatic imine (C=N–C) groups is 1. The van der Waals surface area contributed by atoms with Crippen LogP contribution in [0.4, 0.5) is 0 Å². The van der Waals surface area contributed by atoms with Gasteiger partial charge in [0.15, 0.2) is 5.96 Å². The number of guanidine groups is 1. The number of nitrogens with one attached hydrogen (secondary N) is 1. The number of methoxy groups -OCH3 is 1. The largest absolute Gasteiger partial charge is 0.379 e. The molecule has 0 amide bonds. The van der Waals surface area contributed by atoms with Gasteiger partial charge in [-0.15, -0.1) is 24.0 Å². The maximum atomic E-state index is 5.55. The zero-order valence-corrected chi connectivity index (χ0v) is 15.4. The van der Waals surface area contributed by atoms with Gasteiger partial charge in [0.25, 0.3) is 0 Å². The fourth-order valence-corrected chi connectivity index (χ4v) is 2.23. The zero-order chi connectivity index (χ0) is 13.6. The molecule has 0 aliphatic carbocycles. The van der Waals surface area contributed by atoms with Crippen molar-refractivity contribution in [2.24, 2.45) is 10.4 Å². The van der Waals surface area contributed by atoms with Crippen LogP contribution in [0.3, 0.4) is 0 Å². The van der Waals surface area contributed by atoms with E-state index in [0.717, 1.165) is 32.1 Å². The topological polar surface area (TPSA) is 36.9 Å². The Labute approximate surface area is 135 Å². The quantitative estimate of drug-likeness (QED) is 0.461. The fraction of sp³-hybridized carbons (Fsp3) is 0.929. The summed E-state index contributed by atoms with van der Waals surface area (Å²) in [4.78, 5) is 7.09. The first kappa shape index (κ1) is 19.0. The molecule has 1 atom stereocenters. The number of rotatable bonds is 4. The average molecular weight is 383 g/mol. The van der Waals surface area contributed by atoms with Crippen LogP contribution in [-0.4, -0.2) is 50.3 Å². The van der Waals surface area contributed by atoms with Crippen molar-refractivity contribution in [3.63, 3.8) is 0 Å². The van der Waals surface area contributed by atoms with Crippen molar-refractivity contribution in [1.29, 1.82) is 0 Å². The summed E-state index contributed by atoms with van der Waals surface area (Å²) in [6.45, 7) is 12.6. The number of hydrogen-bond donors (Lipinski definition) is 1. The van der Waals surface area contributed by atoms with Crippen molar-refractivity contribution in [3.05, 3.63) is 0 Å². The summed E-state index contributed by atoms with van der Waals surface area (Å²) in [5.74, 6) is 1.04. The highest BCUT2D eigenvalue weighted by Crippen LogP contribution is 2.22. The van der Waals surface area contributed by atoms with Crippen LogP contribution in [0.1, 0.15) is 40.5 Å². The van der Waals surface area contributed by atoms with Gasteiger partial charge in [-0.3, -0.25) is 4.99 Å². The van der Waals surface area contributed by atoms with E-state index in [1.165, 1.54) is 12.8 Å². The van der Waals surface area contributed by atoms with E-state index in [0.29, 0.717) is 0 Å². The lowest BCUT2D eigenvalue weighted by atomic mass is 9.89. The van der Waals surface area contributed by atoms with Gasteiger partial charge in [0.2, 0.25) is 0 Å². The Balaban J connectivity index is 0.00000324. The summed E-state index contributed by atoms with van der Waals surface area (Å²) in [6.07, 6.45) is 2.71. The van der Waals surface area contributed by atoms with Crippen LogP contribution in [0, 0.1) is 5.41 Å². The smallest absolute Gasteiger partial charge is 0.194 e. The second kappa shape index (κ2) is 9.00. The highest BCUT2D eigenvalue weighted by molar-refractivity contribution is 14.0. The standard InChI is InChI=1S/C14H29N3O.HI/c1-6-15-13(17-9-7-8-10-17)16-11-12(18-5)14(2,3)4;/h12H,6-11H2,1-5H3,(H,15,16);1H. The van der Waals surface area contributed by atoms with E-state index in [2.05, 4.69) is 37.9 Å². The molecule has 1 aliphatic rings. The van der Waals surface area contributed by atoms with Gasteiger partial charge in [0.1, 0.15) is 0 Å². The first-order chi connectivity index (χ1) is 8.49. The lowest BCUT2D eigenvalue weighted by molar-refractivity contribution is 0.0240. The number of nitrogens with zero attached hydrogens (tertiary/aromatic N) is 2. The molecule has 0 aromatic heterocycles. The molecule has 1 saturated heterocycles. The van der Waals surface area contributed by atoms with Gasteiger partial charge < -0.3 is 15.0 Å². The van der Waals surface area contributed by atoms with Crippen LogP contribution in [0.5, 0.6) is 0 Å². The molecule has 0 bridgehead atoms. The maximum absolute atomic E-state index is 5.55. The molecule has 5 heteroatoms. The van der Waals surface area contributed by atoms with Gasteiger partial charge in [-0.2, -0.15) is 0 Å². The molecule has 4 nitrogen and oxygen atoms in total. The Morgan fingerprint density at radius 2 is 1.89 bits per heavy atom. The molecule has 0 saturated carbocycles. The number of ether oxygens (including phenoxy) is 1. The Hall–Kier alpha value is -0.0400. The molecule has 1 aliphatic heterocycles. The second-order valence-corrected chi connectivity index (χ2v) is 5.98. The molecule has 0 aromatic carbocycles. The molecule has 1 rings (SSSR count). The highest BCUT2D eigenvalue weighted by Gasteiger charge is 2.24. The van der Waals surface area contributed by atoms with E-state index in [1.54, 1.807) is 7.11 Å². The van der Waals surface area contributed by atoms with Crippen LogP contribution < -0.4 is 5.32 Å². The predicted octanol–water partition coefficient (Wildman–Crippen LogP) is 2.73. The first-order valence-electron chi connectivity index (χ1n) is 7.05. The van der Waals surface area contributed by atoms with Crippen LogP contribution >= 0.6 is 24.0 Å². The van der Waals surface area contributed by atoms with Gasteiger partial charge in [-0.1, -0.05) is 20.8 Å². The van der Waals surface area contributed by atoms with Gasteiger partial charge >= 0.3 is 0 Å². The molecule has 1 unspecified atom stereocenters. The van der Waals surface area contributed by atoms with Gasteiger partial charge in [0.05, 0.1) is 12.6 Å². The minimum absolute atomic E-state index is 0. The highest BCUT2D eigenvalue weighted by atomic mass is 127. The Bertz CT molecular complexity index is 270.